The van der Waals surface area contributed by atoms with Crippen LogP contribution in [0.2, 0.25) is 0 Å². The van der Waals surface area contributed by atoms with Gasteiger partial charge in [0.05, 0.1) is 21.5 Å². The normalized spacial score (nSPS) is 10.5. The number of aliphatic imine (C=N–C) groups is 1. The van der Waals surface area contributed by atoms with Gasteiger partial charge in [-0.1, -0.05) is 140 Å². The molecule has 1 N–H and O–H groups in total. The molecule has 0 aliphatic carbocycles. The second kappa shape index (κ2) is 22.2. The van der Waals surface area contributed by atoms with Gasteiger partial charge in [0.2, 0.25) is 0 Å². The SMILES string of the molecule is Cc1cccc(C=Nc2ccccc2)c1O.[Ir].c1ccc([PH+](c2ccccc2)c2ccccc2)cc1.c1ccc([PH+](c2ccccc2)c2ccccc2)cc1. The van der Waals surface area contributed by atoms with Crippen molar-refractivity contribution in [3.63, 3.8) is 0 Å². The molecule has 0 amide bonds. The fourth-order valence-electron chi connectivity index (χ4n) is 6.07. The minimum atomic E-state index is -0.877. The van der Waals surface area contributed by atoms with Gasteiger partial charge >= 0.3 is 0 Å². The van der Waals surface area contributed by atoms with Gasteiger partial charge in [-0.15, -0.1) is 0 Å². The van der Waals surface area contributed by atoms with E-state index in [0.717, 1.165) is 16.8 Å². The molecule has 0 atom stereocenters. The minimum Gasteiger partial charge on any atom is -0.507 e. The molecular formula is C50H45IrNOP2+2. The van der Waals surface area contributed by atoms with Crippen molar-refractivity contribution >= 4 is 59.6 Å². The van der Waals surface area contributed by atoms with Crippen molar-refractivity contribution in [1.82, 2.24) is 0 Å². The summed E-state index contributed by atoms with van der Waals surface area (Å²) in [6.45, 7) is 1.87. The van der Waals surface area contributed by atoms with E-state index in [0.29, 0.717) is 5.75 Å². The van der Waals surface area contributed by atoms with Crippen LogP contribution < -0.4 is 31.8 Å². The Morgan fingerprint density at radius 3 is 0.927 bits per heavy atom. The van der Waals surface area contributed by atoms with Gasteiger partial charge in [-0.3, -0.25) is 4.99 Å². The molecule has 55 heavy (non-hydrogen) atoms. The first-order chi connectivity index (χ1) is 26.7. The van der Waals surface area contributed by atoms with E-state index >= 15 is 0 Å². The van der Waals surface area contributed by atoms with Crippen molar-refractivity contribution < 1.29 is 25.2 Å². The third-order valence-electron chi connectivity index (χ3n) is 8.75. The van der Waals surface area contributed by atoms with Crippen LogP contribution in [0.4, 0.5) is 5.69 Å². The number of para-hydroxylation sites is 2. The molecule has 273 valence electrons. The second-order valence-corrected chi connectivity index (χ2v) is 17.5. The van der Waals surface area contributed by atoms with Crippen LogP contribution in [0, 0.1) is 6.92 Å². The summed E-state index contributed by atoms with van der Waals surface area (Å²) in [7, 11) is -1.75. The van der Waals surface area contributed by atoms with Crippen LogP contribution in [-0.2, 0) is 20.1 Å². The van der Waals surface area contributed by atoms with E-state index in [-0.39, 0.29) is 20.1 Å². The van der Waals surface area contributed by atoms with E-state index in [9.17, 15) is 5.11 Å². The Bertz CT molecular complexity index is 1970. The second-order valence-electron chi connectivity index (χ2n) is 12.6. The molecule has 8 aromatic rings. The Morgan fingerprint density at radius 2 is 0.636 bits per heavy atom. The van der Waals surface area contributed by atoms with Crippen molar-refractivity contribution in [2.75, 3.05) is 0 Å². The van der Waals surface area contributed by atoms with Gasteiger partial charge in [0, 0.05) is 31.9 Å². The molecule has 0 aromatic heterocycles. The molecule has 0 saturated heterocycles. The molecule has 0 spiro atoms. The molecule has 0 aliphatic rings. The molecular weight excluding hydrogens is 885 g/mol. The molecule has 0 heterocycles. The van der Waals surface area contributed by atoms with E-state index < -0.39 is 15.8 Å². The zero-order valence-corrected chi connectivity index (χ0v) is 35.1. The maximum absolute atomic E-state index is 9.78. The summed E-state index contributed by atoms with van der Waals surface area (Å²) in [5.74, 6) is 0.294. The number of rotatable bonds is 8. The number of hydrogen-bond donors (Lipinski definition) is 1. The van der Waals surface area contributed by atoms with E-state index in [4.69, 9.17) is 0 Å². The van der Waals surface area contributed by atoms with Crippen LogP contribution in [0.15, 0.2) is 236 Å². The Hall–Kier alpha value is -5.26. The largest absolute Gasteiger partial charge is 0.507 e. The minimum absolute atomic E-state index is 0. The van der Waals surface area contributed by atoms with Gasteiger partial charge < -0.3 is 5.11 Å². The smallest absolute Gasteiger partial charge is 0.127 e. The van der Waals surface area contributed by atoms with Crippen LogP contribution >= 0.6 is 15.8 Å². The molecule has 1 radical (unpaired) electrons. The topological polar surface area (TPSA) is 32.6 Å². The Kier molecular flexibility index (Phi) is 16.5. The summed E-state index contributed by atoms with van der Waals surface area (Å²) in [6.07, 6.45) is 1.68. The van der Waals surface area contributed by atoms with Crippen LogP contribution in [0.25, 0.3) is 0 Å². The summed E-state index contributed by atoms with van der Waals surface area (Å²) < 4.78 is 0. The quantitative estimate of drug-likeness (QED) is 0.120. The number of aromatic hydroxyl groups is 1. The van der Waals surface area contributed by atoms with Crippen LogP contribution in [0.3, 0.4) is 0 Å². The molecule has 0 bridgehead atoms. The van der Waals surface area contributed by atoms with Crippen LogP contribution in [0.1, 0.15) is 11.1 Å². The first-order valence-corrected chi connectivity index (χ1v) is 21.1. The Balaban J connectivity index is 0.000000158. The van der Waals surface area contributed by atoms with Crippen LogP contribution in [0.5, 0.6) is 5.75 Å². The average molecular weight is 930 g/mol. The van der Waals surface area contributed by atoms with Crippen molar-refractivity contribution in [2.24, 2.45) is 4.99 Å². The standard InChI is InChI=1S/2C18H15P.C14H13NO.Ir/c2*1-4-10-16(11-5-1)19(17-12-6-2-7-13-17)18-14-8-3-9-15-18;1-11-6-5-7-12(14(11)16)10-15-13-8-3-2-4-9-13;/h2*1-15H;2-10,16H,1H3;/p+2. The molecule has 5 heteroatoms. The molecule has 0 saturated carbocycles. The molecule has 0 fully saturated rings. The number of benzene rings is 8. The maximum Gasteiger partial charge on any atom is 0.127 e. The number of phenols is 1. The summed E-state index contributed by atoms with van der Waals surface area (Å²) in [4.78, 5) is 4.29. The molecule has 8 rings (SSSR count). The number of aryl methyl sites for hydroxylation is 1. The Labute approximate surface area is 342 Å². The van der Waals surface area contributed by atoms with Gasteiger partial charge in [0.1, 0.15) is 37.6 Å². The fraction of sp³-hybridized carbons (Fsp3) is 0.0200. The van der Waals surface area contributed by atoms with Crippen LogP contribution in [-0.4, -0.2) is 11.3 Å². The van der Waals surface area contributed by atoms with Gasteiger partial charge in [-0.2, -0.15) is 0 Å². The van der Waals surface area contributed by atoms with Gasteiger partial charge in [0.25, 0.3) is 0 Å². The fourth-order valence-corrected chi connectivity index (χ4v) is 11.2. The number of nitrogens with zero attached hydrogens (tertiary/aromatic N) is 1. The molecule has 0 aliphatic heterocycles. The summed E-state index contributed by atoms with van der Waals surface area (Å²) in [6, 6.07) is 80.3. The molecule has 8 aromatic carbocycles. The predicted octanol–water partition coefficient (Wildman–Crippen LogP) is 9.80. The maximum atomic E-state index is 9.78. The number of phenolic OH excluding ortho intramolecular Hbond substituents is 1. The average Bonchev–Trinajstić information content (AvgIpc) is 3.25. The van der Waals surface area contributed by atoms with Crippen molar-refractivity contribution in [2.45, 2.75) is 6.92 Å². The summed E-state index contributed by atoms with van der Waals surface area (Å²) in [5.41, 5.74) is 2.48. The zero-order valence-electron chi connectivity index (χ0n) is 30.7. The summed E-state index contributed by atoms with van der Waals surface area (Å²) >= 11 is 0. The summed E-state index contributed by atoms with van der Waals surface area (Å²) in [5, 5.41) is 18.4. The van der Waals surface area contributed by atoms with E-state index in [1.165, 1.54) is 31.8 Å². The first kappa shape index (κ1) is 40.9. The molecule has 2 nitrogen and oxygen atoms in total. The van der Waals surface area contributed by atoms with Gasteiger partial charge in [0.15, 0.2) is 0 Å². The third-order valence-corrected chi connectivity index (χ3v) is 14.2. The van der Waals surface area contributed by atoms with E-state index in [1.54, 1.807) is 6.21 Å². The van der Waals surface area contributed by atoms with E-state index in [1.807, 2.05) is 55.5 Å². The third kappa shape index (κ3) is 12.1. The van der Waals surface area contributed by atoms with Crippen molar-refractivity contribution in [3.05, 3.63) is 242 Å². The zero-order chi connectivity index (χ0) is 37.2. The van der Waals surface area contributed by atoms with E-state index in [2.05, 4.69) is 187 Å². The monoisotopic (exact) mass is 930 g/mol. The van der Waals surface area contributed by atoms with Gasteiger partial charge in [-0.05, 0) is 103 Å². The molecule has 0 unspecified atom stereocenters. The van der Waals surface area contributed by atoms with Gasteiger partial charge in [-0.25, -0.2) is 0 Å². The van der Waals surface area contributed by atoms with Crippen molar-refractivity contribution in [3.8, 4) is 5.75 Å². The predicted molar refractivity (Wildman–Crippen MR) is 240 cm³/mol. The number of hydrogen-bond acceptors (Lipinski definition) is 2. The van der Waals surface area contributed by atoms with Crippen molar-refractivity contribution in [1.29, 1.82) is 0 Å². The first-order valence-electron chi connectivity index (χ1n) is 18.1. The Morgan fingerprint density at radius 1 is 0.364 bits per heavy atom.